The van der Waals surface area contributed by atoms with E-state index < -0.39 is 0 Å². The molecular weight excluding hydrogens is 230 g/mol. The number of hydrogen-bond donors (Lipinski definition) is 1. The average molecular weight is 246 g/mol. The molecule has 0 atom stereocenters. The van der Waals surface area contributed by atoms with Gasteiger partial charge in [0.1, 0.15) is 0 Å². The Morgan fingerprint density at radius 1 is 1.00 bits per heavy atom. The van der Waals surface area contributed by atoms with Gasteiger partial charge in [-0.1, -0.05) is 41.4 Å². The number of nitrogens with one attached hydrogen (secondary N) is 1. The van der Waals surface area contributed by atoms with Gasteiger partial charge in [0, 0.05) is 17.3 Å². The van der Waals surface area contributed by atoms with Crippen LogP contribution in [0.3, 0.4) is 0 Å². The molecule has 88 valence electrons. The highest BCUT2D eigenvalue weighted by molar-refractivity contribution is 6.31. The van der Waals surface area contributed by atoms with E-state index in [1.807, 2.05) is 13.0 Å². The molecule has 2 heteroatoms. The third-order valence-electron chi connectivity index (χ3n) is 2.78. The molecule has 2 rings (SSSR count). The third kappa shape index (κ3) is 3.24. The minimum atomic E-state index is 0.795. The number of halogens is 1. The first-order valence-corrected chi connectivity index (χ1v) is 6.08. The number of hydrogen-bond acceptors (Lipinski definition) is 1. The number of anilines is 1. The van der Waals surface area contributed by atoms with Crippen LogP contribution in [-0.4, -0.2) is 0 Å². The molecule has 0 fully saturated rings. The highest BCUT2D eigenvalue weighted by atomic mass is 35.5. The van der Waals surface area contributed by atoms with Gasteiger partial charge in [0.25, 0.3) is 0 Å². The Bertz CT molecular complexity index is 503. The van der Waals surface area contributed by atoms with E-state index in [4.69, 9.17) is 11.6 Å². The van der Waals surface area contributed by atoms with E-state index in [9.17, 15) is 0 Å². The van der Waals surface area contributed by atoms with Gasteiger partial charge in [0.05, 0.1) is 0 Å². The first-order chi connectivity index (χ1) is 8.15. The SMILES string of the molecule is Cc1ccc(NCc2ccc(C)c(Cl)c2)cc1. The molecule has 1 nitrogen and oxygen atoms in total. The monoisotopic (exact) mass is 245 g/mol. The van der Waals surface area contributed by atoms with Crippen molar-refractivity contribution in [3.05, 3.63) is 64.2 Å². The van der Waals surface area contributed by atoms with Crippen LogP contribution in [0.5, 0.6) is 0 Å². The lowest BCUT2D eigenvalue weighted by Gasteiger charge is -2.08. The number of benzene rings is 2. The molecule has 0 aliphatic rings. The maximum Gasteiger partial charge on any atom is 0.0438 e. The number of rotatable bonds is 3. The molecule has 0 saturated heterocycles. The molecule has 0 unspecified atom stereocenters. The molecule has 0 saturated carbocycles. The molecule has 0 amide bonds. The minimum Gasteiger partial charge on any atom is -0.381 e. The van der Waals surface area contributed by atoms with Crippen molar-refractivity contribution in [2.45, 2.75) is 20.4 Å². The highest BCUT2D eigenvalue weighted by Gasteiger charge is 1.98. The molecule has 0 aliphatic carbocycles. The maximum atomic E-state index is 6.09. The summed E-state index contributed by atoms with van der Waals surface area (Å²) in [6.07, 6.45) is 0. The van der Waals surface area contributed by atoms with E-state index in [1.54, 1.807) is 0 Å². The standard InChI is InChI=1S/C15H16ClN/c1-11-3-7-14(8-4-11)17-10-13-6-5-12(2)15(16)9-13/h3-9,17H,10H2,1-2H3. The lowest BCUT2D eigenvalue weighted by molar-refractivity contribution is 1.14. The molecule has 0 aromatic heterocycles. The van der Waals surface area contributed by atoms with Crippen molar-refractivity contribution in [3.8, 4) is 0 Å². The van der Waals surface area contributed by atoms with Gasteiger partial charge in [-0.25, -0.2) is 0 Å². The Morgan fingerprint density at radius 3 is 2.35 bits per heavy atom. The quantitative estimate of drug-likeness (QED) is 0.835. The minimum absolute atomic E-state index is 0.795. The molecule has 0 spiro atoms. The summed E-state index contributed by atoms with van der Waals surface area (Å²) in [6.45, 7) is 4.89. The van der Waals surface area contributed by atoms with Crippen LogP contribution in [0.4, 0.5) is 5.69 Å². The van der Waals surface area contributed by atoms with E-state index in [2.05, 4.69) is 48.6 Å². The van der Waals surface area contributed by atoms with E-state index in [0.717, 1.165) is 22.8 Å². The van der Waals surface area contributed by atoms with Gasteiger partial charge in [-0.15, -0.1) is 0 Å². The molecule has 0 bridgehead atoms. The molecule has 0 radical (unpaired) electrons. The van der Waals surface area contributed by atoms with E-state index in [0.29, 0.717) is 0 Å². The second-order valence-electron chi connectivity index (χ2n) is 4.30. The Labute approximate surface area is 107 Å². The van der Waals surface area contributed by atoms with Crippen molar-refractivity contribution < 1.29 is 0 Å². The summed E-state index contributed by atoms with van der Waals surface area (Å²) < 4.78 is 0. The Kier molecular flexibility index (Phi) is 3.70. The zero-order valence-corrected chi connectivity index (χ0v) is 10.9. The van der Waals surface area contributed by atoms with E-state index in [-0.39, 0.29) is 0 Å². The Morgan fingerprint density at radius 2 is 1.71 bits per heavy atom. The summed E-state index contributed by atoms with van der Waals surface area (Å²) in [4.78, 5) is 0. The van der Waals surface area contributed by atoms with Gasteiger partial charge < -0.3 is 5.32 Å². The predicted molar refractivity (Wildman–Crippen MR) is 74.7 cm³/mol. The molecule has 0 heterocycles. The van der Waals surface area contributed by atoms with E-state index >= 15 is 0 Å². The zero-order chi connectivity index (χ0) is 12.3. The van der Waals surface area contributed by atoms with Crippen LogP contribution >= 0.6 is 11.6 Å². The van der Waals surface area contributed by atoms with Gasteiger partial charge >= 0.3 is 0 Å². The van der Waals surface area contributed by atoms with Crippen molar-refractivity contribution in [2.75, 3.05) is 5.32 Å². The summed E-state index contributed by atoms with van der Waals surface area (Å²) in [5.74, 6) is 0. The normalized spacial score (nSPS) is 10.3. The Balaban J connectivity index is 2.02. The average Bonchev–Trinajstić information content (AvgIpc) is 2.33. The molecule has 17 heavy (non-hydrogen) atoms. The Hall–Kier alpha value is -1.47. The van der Waals surface area contributed by atoms with Crippen LogP contribution in [0.1, 0.15) is 16.7 Å². The van der Waals surface area contributed by atoms with Gasteiger partial charge in [0.15, 0.2) is 0 Å². The lowest BCUT2D eigenvalue weighted by Crippen LogP contribution is -1.99. The number of aryl methyl sites for hydroxylation is 2. The topological polar surface area (TPSA) is 12.0 Å². The van der Waals surface area contributed by atoms with Crippen LogP contribution < -0.4 is 5.32 Å². The molecule has 0 aliphatic heterocycles. The van der Waals surface area contributed by atoms with Crippen molar-refractivity contribution >= 4 is 17.3 Å². The molecular formula is C15H16ClN. The van der Waals surface area contributed by atoms with Gasteiger partial charge in [0.2, 0.25) is 0 Å². The van der Waals surface area contributed by atoms with Gasteiger partial charge in [-0.3, -0.25) is 0 Å². The zero-order valence-electron chi connectivity index (χ0n) is 10.1. The summed E-state index contributed by atoms with van der Waals surface area (Å²) in [6, 6.07) is 14.5. The first-order valence-electron chi connectivity index (χ1n) is 5.71. The molecule has 1 N–H and O–H groups in total. The van der Waals surface area contributed by atoms with Crippen molar-refractivity contribution in [3.63, 3.8) is 0 Å². The van der Waals surface area contributed by atoms with Crippen LogP contribution in [0, 0.1) is 13.8 Å². The summed E-state index contributed by atoms with van der Waals surface area (Å²) >= 11 is 6.09. The fraction of sp³-hybridized carbons (Fsp3) is 0.200. The first kappa shape index (κ1) is 12.0. The highest BCUT2D eigenvalue weighted by Crippen LogP contribution is 2.18. The third-order valence-corrected chi connectivity index (χ3v) is 3.19. The summed E-state index contributed by atoms with van der Waals surface area (Å²) in [5.41, 5.74) is 4.72. The van der Waals surface area contributed by atoms with E-state index in [1.165, 1.54) is 11.1 Å². The molecule has 2 aromatic rings. The largest absolute Gasteiger partial charge is 0.381 e. The fourth-order valence-electron chi connectivity index (χ4n) is 1.62. The molecule has 2 aromatic carbocycles. The van der Waals surface area contributed by atoms with Gasteiger partial charge in [-0.05, 0) is 43.2 Å². The second-order valence-corrected chi connectivity index (χ2v) is 4.71. The summed E-state index contributed by atoms with van der Waals surface area (Å²) in [5, 5.41) is 4.20. The maximum absolute atomic E-state index is 6.09. The van der Waals surface area contributed by atoms with Crippen LogP contribution in [-0.2, 0) is 6.54 Å². The van der Waals surface area contributed by atoms with Crippen LogP contribution in [0.2, 0.25) is 5.02 Å². The van der Waals surface area contributed by atoms with Crippen LogP contribution in [0.15, 0.2) is 42.5 Å². The lowest BCUT2D eigenvalue weighted by atomic mass is 10.1. The van der Waals surface area contributed by atoms with Crippen molar-refractivity contribution in [2.24, 2.45) is 0 Å². The van der Waals surface area contributed by atoms with Crippen LogP contribution in [0.25, 0.3) is 0 Å². The second kappa shape index (κ2) is 5.24. The fourth-order valence-corrected chi connectivity index (χ4v) is 1.82. The van der Waals surface area contributed by atoms with Crippen molar-refractivity contribution in [1.82, 2.24) is 0 Å². The predicted octanol–water partition coefficient (Wildman–Crippen LogP) is 4.57. The summed E-state index contributed by atoms with van der Waals surface area (Å²) in [7, 11) is 0. The van der Waals surface area contributed by atoms with Gasteiger partial charge in [-0.2, -0.15) is 0 Å². The smallest absolute Gasteiger partial charge is 0.0438 e. The van der Waals surface area contributed by atoms with Crippen molar-refractivity contribution in [1.29, 1.82) is 0 Å².